The average Bonchev–Trinajstić information content (AvgIpc) is 2.39. The molecule has 1 amide bonds. The molecule has 0 spiro atoms. The molecular formula is C13H17ClFNO4S. The number of amides is 1. The Morgan fingerprint density at radius 3 is 2.24 bits per heavy atom. The second-order valence-electron chi connectivity index (χ2n) is 4.95. The molecule has 1 aromatic rings. The monoisotopic (exact) mass is 337 g/mol. The zero-order valence-electron chi connectivity index (χ0n) is 11.2. The molecule has 0 saturated carbocycles. The molecule has 21 heavy (non-hydrogen) atoms. The van der Waals surface area contributed by atoms with Gasteiger partial charge in [0.05, 0.1) is 10.6 Å². The van der Waals surface area contributed by atoms with Gasteiger partial charge in [0.15, 0.2) is 9.84 Å². The normalized spacial score (nSPS) is 16.3. The molecule has 0 radical (unpaired) electrons. The van der Waals surface area contributed by atoms with E-state index in [1.165, 1.54) is 17.0 Å². The van der Waals surface area contributed by atoms with Crippen molar-refractivity contribution in [2.75, 3.05) is 18.8 Å². The van der Waals surface area contributed by atoms with Gasteiger partial charge in [0, 0.05) is 13.1 Å². The number of carbonyl (C=O) groups is 1. The molecule has 0 bridgehead atoms. The van der Waals surface area contributed by atoms with E-state index in [-0.39, 0.29) is 29.0 Å². The number of hydrogen-bond acceptors (Lipinski definition) is 3. The van der Waals surface area contributed by atoms with E-state index in [1.54, 1.807) is 0 Å². The van der Waals surface area contributed by atoms with Crippen LogP contribution in [0.4, 0.5) is 9.18 Å². The highest BCUT2D eigenvalue weighted by Gasteiger charge is 2.27. The summed E-state index contributed by atoms with van der Waals surface area (Å²) in [6.07, 6.45) is 0.101. The lowest BCUT2D eigenvalue weighted by atomic mass is 9.99. The number of carboxylic acid groups (broad SMARTS) is 1. The number of likely N-dealkylation sites (tertiary alicyclic amines) is 1. The van der Waals surface area contributed by atoms with Gasteiger partial charge < -0.3 is 10.0 Å². The van der Waals surface area contributed by atoms with Crippen molar-refractivity contribution in [3.63, 3.8) is 0 Å². The summed E-state index contributed by atoms with van der Waals surface area (Å²) >= 11 is 0. The van der Waals surface area contributed by atoms with Crippen LogP contribution in [0.25, 0.3) is 0 Å². The second-order valence-corrected chi connectivity index (χ2v) is 6.98. The Balaban J connectivity index is 0.00000220. The molecular weight excluding hydrogens is 321 g/mol. The van der Waals surface area contributed by atoms with Crippen LogP contribution in [0.5, 0.6) is 0 Å². The van der Waals surface area contributed by atoms with Crippen LogP contribution < -0.4 is 0 Å². The molecule has 0 unspecified atom stereocenters. The van der Waals surface area contributed by atoms with Gasteiger partial charge in [-0.25, -0.2) is 17.6 Å². The smallest absolute Gasteiger partial charge is 0.407 e. The molecule has 0 aliphatic carbocycles. The lowest BCUT2D eigenvalue weighted by Gasteiger charge is -2.29. The van der Waals surface area contributed by atoms with E-state index >= 15 is 0 Å². The highest BCUT2D eigenvalue weighted by molar-refractivity contribution is 7.91. The van der Waals surface area contributed by atoms with Crippen molar-refractivity contribution in [1.82, 2.24) is 4.90 Å². The summed E-state index contributed by atoms with van der Waals surface area (Å²) in [6.45, 7) is 0.720. The van der Waals surface area contributed by atoms with Gasteiger partial charge in [0.1, 0.15) is 5.82 Å². The molecule has 2 rings (SSSR count). The molecule has 1 fully saturated rings. The summed E-state index contributed by atoms with van der Waals surface area (Å²) in [4.78, 5) is 12.2. The van der Waals surface area contributed by atoms with Gasteiger partial charge in [-0.3, -0.25) is 0 Å². The SMILES string of the molecule is Cl.O=C(O)N1CCC(CS(=O)(=O)c2ccc(F)cc2)CC1. The number of rotatable bonds is 3. The molecule has 1 aliphatic rings. The molecule has 8 heteroatoms. The molecule has 1 heterocycles. The molecule has 0 aromatic heterocycles. The Hall–Kier alpha value is -1.34. The lowest BCUT2D eigenvalue weighted by molar-refractivity contribution is 0.127. The maximum atomic E-state index is 12.8. The standard InChI is InChI=1S/C13H16FNO4S.ClH/c14-11-1-3-12(4-2-11)20(18,19)9-10-5-7-15(8-6-10)13(16)17;/h1-4,10H,5-9H2,(H,16,17);1H. The fourth-order valence-electron chi connectivity index (χ4n) is 2.34. The number of halogens is 2. The van der Waals surface area contributed by atoms with Crippen LogP contribution >= 0.6 is 12.4 Å². The van der Waals surface area contributed by atoms with Gasteiger partial charge in [0.2, 0.25) is 0 Å². The quantitative estimate of drug-likeness (QED) is 0.859. The van der Waals surface area contributed by atoms with Crippen LogP contribution in [0, 0.1) is 11.7 Å². The first-order valence-corrected chi connectivity index (χ1v) is 8.00. The number of sulfone groups is 1. The van der Waals surface area contributed by atoms with Crippen LogP contribution in [0.2, 0.25) is 0 Å². The minimum absolute atomic E-state index is 0. The second kappa shape index (κ2) is 7.09. The van der Waals surface area contributed by atoms with E-state index in [1.807, 2.05) is 0 Å². The zero-order chi connectivity index (χ0) is 14.8. The van der Waals surface area contributed by atoms with E-state index in [0.29, 0.717) is 25.9 Å². The maximum Gasteiger partial charge on any atom is 0.407 e. The number of hydrogen-bond donors (Lipinski definition) is 1. The first-order valence-electron chi connectivity index (χ1n) is 6.35. The van der Waals surface area contributed by atoms with Crippen molar-refractivity contribution in [1.29, 1.82) is 0 Å². The van der Waals surface area contributed by atoms with Crippen molar-refractivity contribution < 1.29 is 22.7 Å². The van der Waals surface area contributed by atoms with Crippen LogP contribution in [-0.4, -0.2) is 43.4 Å². The minimum atomic E-state index is -3.45. The minimum Gasteiger partial charge on any atom is -0.465 e. The molecule has 1 aromatic carbocycles. The molecule has 5 nitrogen and oxygen atoms in total. The average molecular weight is 338 g/mol. The Morgan fingerprint density at radius 2 is 1.76 bits per heavy atom. The largest absolute Gasteiger partial charge is 0.465 e. The third-order valence-corrected chi connectivity index (χ3v) is 5.41. The number of nitrogens with zero attached hydrogens (tertiary/aromatic N) is 1. The van der Waals surface area contributed by atoms with Gasteiger partial charge in [-0.15, -0.1) is 12.4 Å². The van der Waals surface area contributed by atoms with Crippen LogP contribution in [0.1, 0.15) is 12.8 Å². The van der Waals surface area contributed by atoms with Gasteiger partial charge >= 0.3 is 6.09 Å². The zero-order valence-corrected chi connectivity index (χ0v) is 12.9. The molecule has 0 atom stereocenters. The first-order chi connectivity index (χ1) is 9.38. The van der Waals surface area contributed by atoms with Gasteiger partial charge in [-0.05, 0) is 43.0 Å². The summed E-state index contributed by atoms with van der Waals surface area (Å²) in [5, 5.41) is 8.83. The van der Waals surface area contributed by atoms with Gasteiger partial charge in [0.25, 0.3) is 0 Å². The fraction of sp³-hybridized carbons (Fsp3) is 0.462. The summed E-state index contributed by atoms with van der Waals surface area (Å²) in [5.74, 6) is -0.550. The van der Waals surface area contributed by atoms with Crippen molar-refractivity contribution in [3.05, 3.63) is 30.1 Å². The van der Waals surface area contributed by atoms with Crippen LogP contribution in [-0.2, 0) is 9.84 Å². The summed E-state index contributed by atoms with van der Waals surface area (Å²) in [7, 11) is -3.45. The highest BCUT2D eigenvalue weighted by Crippen LogP contribution is 2.22. The summed E-state index contributed by atoms with van der Waals surface area (Å²) in [5.41, 5.74) is 0. The van der Waals surface area contributed by atoms with Crippen LogP contribution in [0.15, 0.2) is 29.2 Å². The van der Waals surface area contributed by atoms with E-state index in [4.69, 9.17) is 5.11 Å². The number of piperidine rings is 1. The van der Waals surface area contributed by atoms with Crippen LogP contribution in [0.3, 0.4) is 0 Å². The first kappa shape index (κ1) is 17.7. The molecule has 1 saturated heterocycles. The summed E-state index contributed by atoms with van der Waals surface area (Å²) < 4.78 is 37.1. The Labute approximate surface area is 129 Å². The predicted octanol–water partition coefficient (Wildman–Crippen LogP) is 2.41. The van der Waals surface area contributed by atoms with Gasteiger partial charge in [-0.1, -0.05) is 0 Å². The van der Waals surface area contributed by atoms with E-state index in [9.17, 15) is 17.6 Å². The molecule has 1 aliphatic heterocycles. The highest BCUT2D eigenvalue weighted by atomic mass is 35.5. The van der Waals surface area contributed by atoms with Gasteiger partial charge in [-0.2, -0.15) is 0 Å². The maximum absolute atomic E-state index is 12.8. The Morgan fingerprint density at radius 1 is 1.24 bits per heavy atom. The van der Waals surface area contributed by atoms with E-state index in [2.05, 4.69) is 0 Å². The van der Waals surface area contributed by atoms with E-state index in [0.717, 1.165) is 12.1 Å². The predicted molar refractivity (Wildman–Crippen MR) is 78.0 cm³/mol. The topological polar surface area (TPSA) is 74.7 Å². The lowest BCUT2D eigenvalue weighted by Crippen LogP contribution is -2.39. The van der Waals surface area contributed by atoms with Crippen molar-refractivity contribution in [2.24, 2.45) is 5.92 Å². The number of benzene rings is 1. The molecule has 1 N–H and O–H groups in total. The molecule has 118 valence electrons. The third-order valence-electron chi connectivity index (χ3n) is 3.51. The Bertz CT molecular complexity index is 583. The third kappa shape index (κ3) is 4.57. The van der Waals surface area contributed by atoms with Crippen molar-refractivity contribution in [3.8, 4) is 0 Å². The van der Waals surface area contributed by atoms with E-state index < -0.39 is 21.7 Å². The van der Waals surface area contributed by atoms with Crippen molar-refractivity contribution in [2.45, 2.75) is 17.7 Å². The summed E-state index contributed by atoms with van der Waals surface area (Å²) in [6, 6.07) is 4.77. The van der Waals surface area contributed by atoms with Crippen molar-refractivity contribution >= 4 is 28.3 Å². The fourth-order valence-corrected chi connectivity index (χ4v) is 4.04. The Kier molecular flexibility index (Phi) is 5.98.